The van der Waals surface area contributed by atoms with E-state index in [9.17, 15) is 0 Å². The van der Waals surface area contributed by atoms with Crippen molar-refractivity contribution >= 4 is 15.9 Å². The van der Waals surface area contributed by atoms with Crippen LogP contribution in [0.2, 0.25) is 0 Å². The third-order valence-electron chi connectivity index (χ3n) is 2.77. The molecule has 0 aliphatic heterocycles. The van der Waals surface area contributed by atoms with Gasteiger partial charge >= 0.3 is 0 Å². The summed E-state index contributed by atoms with van der Waals surface area (Å²) in [6.07, 6.45) is 0. The first kappa shape index (κ1) is 13.7. The van der Waals surface area contributed by atoms with E-state index in [2.05, 4.69) is 53.3 Å². The molecule has 2 nitrogen and oxygen atoms in total. The van der Waals surface area contributed by atoms with Gasteiger partial charge in [-0.25, -0.2) is 0 Å². The van der Waals surface area contributed by atoms with Gasteiger partial charge in [-0.3, -0.25) is 0 Å². The Bertz CT molecular complexity index is 341. The maximum Gasteiger partial charge on any atom is 0.0468 e. The number of rotatable bonds is 5. The van der Waals surface area contributed by atoms with Crippen molar-refractivity contribution in [1.29, 1.82) is 0 Å². The molecule has 1 aromatic carbocycles. The molecule has 0 fully saturated rings. The molecular formula is C13H20BrNO. The Morgan fingerprint density at radius 3 is 2.62 bits per heavy atom. The van der Waals surface area contributed by atoms with Crippen LogP contribution < -0.4 is 5.32 Å². The zero-order valence-corrected chi connectivity index (χ0v) is 11.7. The van der Waals surface area contributed by atoms with Gasteiger partial charge in [0.15, 0.2) is 0 Å². The fourth-order valence-corrected chi connectivity index (χ4v) is 1.74. The summed E-state index contributed by atoms with van der Waals surface area (Å²) in [5.41, 5.74) is 2.53. The van der Waals surface area contributed by atoms with Crippen molar-refractivity contribution < 1.29 is 5.11 Å². The minimum atomic E-state index is 0.235. The molecule has 0 bridgehead atoms. The lowest BCUT2D eigenvalue weighted by molar-refractivity contribution is 0.231. The van der Waals surface area contributed by atoms with Crippen molar-refractivity contribution in [3.05, 3.63) is 33.8 Å². The van der Waals surface area contributed by atoms with E-state index in [0.717, 1.165) is 11.0 Å². The number of halogens is 1. The van der Waals surface area contributed by atoms with Crippen LogP contribution in [0.5, 0.6) is 0 Å². The number of aliphatic hydroxyl groups excluding tert-OH is 1. The molecule has 90 valence electrons. The largest absolute Gasteiger partial charge is 0.396 e. The summed E-state index contributed by atoms with van der Waals surface area (Å²) in [5.74, 6) is 0.305. The van der Waals surface area contributed by atoms with Crippen LogP contribution in [0.1, 0.15) is 31.0 Å². The fraction of sp³-hybridized carbons (Fsp3) is 0.538. The minimum Gasteiger partial charge on any atom is -0.396 e. The smallest absolute Gasteiger partial charge is 0.0468 e. The lowest BCUT2D eigenvalue weighted by atomic mass is 10.1. The maximum absolute atomic E-state index is 8.95. The van der Waals surface area contributed by atoms with E-state index in [-0.39, 0.29) is 6.61 Å². The first-order valence-electron chi connectivity index (χ1n) is 5.65. The Hall–Kier alpha value is -0.380. The van der Waals surface area contributed by atoms with E-state index < -0.39 is 0 Å². The molecule has 2 N–H and O–H groups in total. The highest BCUT2D eigenvalue weighted by Crippen LogP contribution is 2.21. The van der Waals surface area contributed by atoms with Crippen molar-refractivity contribution in [3.63, 3.8) is 0 Å². The molecule has 0 spiro atoms. The molecule has 16 heavy (non-hydrogen) atoms. The van der Waals surface area contributed by atoms with Crippen molar-refractivity contribution in [1.82, 2.24) is 5.32 Å². The molecule has 0 saturated heterocycles. The third-order valence-corrected chi connectivity index (χ3v) is 3.66. The molecule has 2 atom stereocenters. The standard InChI is InChI=1S/C13H20BrNO/c1-9(8-16)7-15-11(3)12-4-5-13(14)10(2)6-12/h4-6,9,11,15-16H,7-8H2,1-3H3. The second-order valence-corrected chi connectivity index (χ2v) is 5.28. The monoisotopic (exact) mass is 285 g/mol. The molecule has 1 rings (SSSR count). The highest BCUT2D eigenvalue weighted by atomic mass is 79.9. The summed E-state index contributed by atoms with van der Waals surface area (Å²) in [5, 5.41) is 12.4. The SMILES string of the molecule is Cc1cc(C(C)NCC(C)CO)ccc1Br. The molecule has 1 aromatic rings. The Balaban J connectivity index is 2.59. The van der Waals surface area contributed by atoms with Gasteiger partial charge < -0.3 is 10.4 Å². The first-order chi connectivity index (χ1) is 7.54. The third kappa shape index (κ3) is 3.89. The number of hydrogen-bond donors (Lipinski definition) is 2. The summed E-state index contributed by atoms with van der Waals surface area (Å²) in [4.78, 5) is 0. The highest BCUT2D eigenvalue weighted by molar-refractivity contribution is 9.10. The maximum atomic E-state index is 8.95. The second-order valence-electron chi connectivity index (χ2n) is 4.43. The van der Waals surface area contributed by atoms with Crippen LogP contribution in [0.25, 0.3) is 0 Å². The van der Waals surface area contributed by atoms with Gasteiger partial charge in [-0.2, -0.15) is 0 Å². The van der Waals surface area contributed by atoms with Gasteiger partial charge in [0.1, 0.15) is 0 Å². The molecule has 0 saturated carbocycles. The average molecular weight is 286 g/mol. The zero-order valence-electron chi connectivity index (χ0n) is 10.1. The number of nitrogens with one attached hydrogen (secondary N) is 1. The summed E-state index contributed by atoms with van der Waals surface area (Å²) in [7, 11) is 0. The van der Waals surface area contributed by atoms with Crippen LogP contribution in [0.15, 0.2) is 22.7 Å². The molecule has 0 aliphatic rings. The molecule has 0 radical (unpaired) electrons. The van der Waals surface area contributed by atoms with Crippen LogP contribution in [0.3, 0.4) is 0 Å². The molecule has 0 aromatic heterocycles. The van der Waals surface area contributed by atoms with Gasteiger partial charge in [0.05, 0.1) is 0 Å². The lowest BCUT2D eigenvalue weighted by Crippen LogP contribution is -2.26. The number of benzene rings is 1. The van der Waals surface area contributed by atoms with E-state index in [1.165, 1.54) is 11.1 Å². The summed E-state index contributed by atoms with van der Waals surface area (Å²) in [6.45, 7) is 7.35. The van der Waals surface area contributed by atoms with E-state index >= 15 is 0 Å². The van der Waals surface area contributed by atoms with Crippen LogP contribution in [-0.2, 0) is 0 Å². The Labute approximate surface area is 106 Å². The average Bonchev–Trinajstić information content (AvgIpc) is 2.29. The van der Waals surface area contributed by atoms with E-state index in [1.807, 2.05) is 6.92 Å². The quantitative estimate of drug-likeness (QED) is 0.872. The van der Waals surface area contributed by atoms with Crippen molar-refractivity contribution in [2.75, 3.05) is 13.2 Å². The Kier molecular flexibility index (Phi) is 5.46. The molecule has 0 aliphatic carbocycles. The van der Waals surface area contributed by atoms with Gasteiger partial charge in [-0.05, 0) is 37.0 Å². The van der Waals surface area contributed by atoms with Gasteiger partial charge in [0.2, 0.25) is 0 Å². The van der Waals surface area contributed by atoms with Crippen LogP contribution in [-0.4, -0.2) is 18.3 Å². The van der Waals surface area contributed by atoms with Gasteiger partial charge in [0.25, 0.3) is 0 Å². The summed E-state index contributed by atoms with van der Waals surface area (Å²) >= 11 is 3.50. The van der Waals surface area contributed by atoms with Gasteiger partial charge in [-0.1, -0.05) is 35.0 Å². The first-order valence-corrected chi connectivity index (χ1v) is 6.44. The topological polar surface area (TPSA) is 32.3 Å². The van der Waals surface area contributed by atoms with Crippen LogP contribution in [0.4, 0.5) is 0 Å². The molecule has 2 unspecified atom stereocenters. The second kappa shape index (κ2) is 6.38. The van der Waals surface area contributed by atoms with E-state index in [0.29, 0.717) is 12.0 Å². The van der Waals surface area contributed by atoms with Gasteiger partial charge in [-0.15, -0.1) is 0 Å². The number of hydrogen-bond acceptors (Lipinski definition) is 2. The van der Waals surface area contributed by atoms with E-state index in [1.54, 1.807) is 0 Å². The number of aliphatic hydroxyl groups is 1. The molecular weight excluding hydrogens is 266 g/mol. The molecule has 3 heteroatoms. The normalized spacial score (nSPS) is 14.8. The summed E-state index contributed by atoms with van der Waals surface area (Å²) in [6, 6.07) is 6.71. The Morgan fingerprint density at radius 1 is 1.38 bits per heavy atom. The fourth-order valence-electron chi connectivity index (χ4n) is 1.50. The minimum absolute atomic E-state index is 0.235. The van der Waals surface area contributed by atoms with Crippen molar-refractivity contribution in [3.8, 4) is 0 Å². The van der Waals surface area contributed by atoms with E-state index in [4.69, 9.17) is 5.11 Å². The molecule has 0 amide bonds. The lowest BCUT2D eigenvalue weighted by Gasteiger charge is -2.17. The van der Waals surface area contributed by atoms with Crippen LogP contribution in [0, 0.1) is 12.8 Å². The number of aryl methyl sites for hydroxylation is 1. The predicted molar refractivity (Wildman–Crippen MR) is 71.5 cm³/mol. The highest BCUT2D eigenvalue weighted by Gasteiger charge is 2.07. The predicted octanol–water partition coefficient (Wildman–Crippen LogP) is 3.04. The van der Waals surface area contributed by atoms with Crippen molar-refractivity contribution in [2.45, 2.75) is 26.8 Å². The van der Waals surface area contributed by atoms with Crippen LogP contribution >= 0.6 is 15.9 Å². The Morgan fingerprint density at radius 2 is 2.06 bits per heavy atom. The summed E-state index contributed by atoms with van der Waals surface area (Å²) < 4.78 is 1.15. The molecule has 0 heterocycles. The van der Waals surface area contributed by atoms with Crippen molar-refractivity contribution in [2.24, 2.45) is 5.92 Å². The van der Waals surface area contributed by atoms with Gasteiger partial charge in [0, 0.05) is 23.7 Å². The zero-order chi connectivity index (χ0) is 12.1.